The van der Waals surface area contributed by atoms with E-state index in [2.05, 4.69) is 27.7 Å². The van der Waals surface area contributed by atoms with Crippen LogP contribution in [-0.4, -0.2) is 43.3 Å². The normalized spacial score (nSPS) is 16.0. The summed E-state index contributed by atoms with van der Waals surface area (Å²) in [6.45, 7) is 3.93. The number of phenols is 1. The number of nitrogens with zero attached hydrogens (tertiary/aromatic N) is 1. The molecule has 1 aliphatic rings. The molecule has 0 unspecified atom stereocenters. The largest absolute Gasteiger partial charge is 0.507 e. The van der Waals surface area contributed by atoms with E-state index in [0.717, 1.165) is 31.7 Å². The predicted molar refractivity (Wildman–Crippen MR) is 99.8 cm³/mol. The number of ether oxygens (including phenoxy) is 1. The Bertz CT molecular complexity index is 590. The molecule has 3 rings (SSSR count). The van der Waals surface area contributed by atoms with Crippen LogP contribution in [0.1, 0.15) is 16.5 Å². The Morgan fingerprint density at radius 3 is 2.52 bits per heavy atom. The molecule has 1 atom stereocenters. The summed E-state index contributed by atoms with van der Waals surface area (Å²) >= 11 is 1.73. The second kappa shape index (κ2) is 9.35. The third kappa shape index (κ3) is 4.52. The molecule has 7 heteroatoms. The highest BCUT2D eigenvalue weighted by molar-refractivity contribution is 7.10. The number of piperazine rings is 1. The van der Waals surface area contributed by atoms with E-state index in [9.17, 15) is 5.11 Å². The summed E-state index contributed by atoms with van der Waals surface area (Å²) in [6.07, 6.45) is 0. The minimum absolute atomic E-state index is 0. The molecule has 128 valence electrons. The van der Waals surface area contributed by atoms with E-state index in [0.29, 0.717) is 11.5 Å². The Morgan fingerprint density at radius 2 is 1.96 bits per heavy atom. The van der Waals surface area contributed by atoms with Gasteiger partial charge in [0.25, 0.3) is 0 Å². The molecule has 2 heterocycles. The standard InChI is InChI=1S/C16H20N2O2S.2ClH/c1-20-12-4-5-13(14(19)11-12)16(15-3-2-10-21-15)18-8-6-17-7-9-18;;/h2-5,10-11,16-17,19H,6-9H2,1H3;2*1H/t16-;;/m0../s1. The number of nitrogens with one attached hydrogen (secondary N) is 1. The third-order valence-electron chi connectivity index (χ3n) is 3.86. The quantitative estimate of drug-likeness (QED) is 0.858. The summed E-state index contributed by atoms with van der Waals surface area (Å²) < 4.78 is 5.18. The van der Waals surface area contributed by atoms with E-state index in [1.165, 1.54) is 4.88 Å². The van der Waals surface area contributed by atoms with E-state index in [4.69, 9.17) is 4.74 Å². The second-order valence-electron chi connectivity index (χ2n) is 5.13. The number of rotatable bonds is 4. The Kier molecular flexibility index (Phi) is 8.16. The van der Waals surface area contributed by atoms with Gasteiger partial charge in [0.15, 0.2) is 0 Å². The molecule has 1 aliphatic heterocycles. The molecule has 0 bridgehead atoms. The summed E-state index contributed by atoms with van der Waals surface area (Å²) in [4.78, 5) is 3.68. The van der Waals surface area contributed by atoms with Gasteiger partial charge in [-0.3, -0.25) is 4.90 Å². The van der Waals surface area contributed by atoms with Gasteiger partial charge in [-0.05, 0) is 23.6 Å². The zero-order valence-electron chi connectivity index (χ0n) is 12.9. The monoisotopic (exact) mass is 376 g/mol. The molecule has 2 N–H and O–H groups in total. The summed E-state index contributed by atoms with van der Waals surface area (Å²) in [6, 6.07) is 9.89. The van der Waals surface area contributed by atoms with Gasteiger partial charge in [-0.15, -0.1) is 36.2 Å². The molecule has 1 aromatic heterocycles. The number of benzene rings is 1. The fourth-order valence-corrected chi connectivity index (χ4v) is 3.68. The van der Waals surface area contributed by atoms with Crippen molar-refractivity contribution in [3.8, 4) is 11.5 Å². The minimum atomic E-state index is 0. The van der Waals surface area contributed by atoms with Crippen LogP contribution in [0.3, 0.4) is 0 Å². The number of thiophene rings is 1. The van der Waals surface area contributed by atoms with Gasteiger partial charge in [-0.25, -0.2) is 0 Å². The lowest BCUT2D eigenvalue weighted by Gasteiger charge is -2.35. The maximum absolute atomic E-state index is 10.4. The molecule has 0 amide bonds. The van der Waals surface area contributed by atoms with Crippen LogP contribution in [0.5, 0.6) is 11.5 Å². The molecule has 1 aromatic carbocycles. The average Bonchev–Trinajstić information content (AvgIpc) is 3.04. The van der Waals surface area contributed by atoms with Gasteiger partial charge in [0.2, 0.25) is 0 Å². The summed E-state index contributed by atoms with van der Waals surface area (Å²) in [5, 5.41) is 15.9. The lowest BCUT2D eigenvalue weighted by atomic mass is 10.0. The first-order chi connectivity index (χ1) is 10.3. The van der Waals surface area contributed by atoms with Gasteiger partial charge < -0.3 is 15.2 Å². The van der Waals surface area contributed by atoms with Crippen LogP contribution < -0.4 is 10.1 Å². The topological polar surface area (TPSA) is 44.7 Å². The Balaban J connectivity index is 0.00000132. The van der Waals surface area contributed by atoms with Crippen LogP contribution in [-0.2, 0) is 0 Å². The van der Waals surface area contributed by atoms with Crippen LogP contribution in [0.15, 0.2) is 35.7 Å². The SMILES string of the molecule is COc1ccc([C@@H](c2cccs2)N2CCNCC2)c(O)c1.Cl.Cl. The van der Waals surface area contributed by atoms with E-state index < -0.39 is 0 Å². The van der Waals surface area contributed by atoms with Crippen LogP contribution >= 0.6 is 36.2 Å². The van der Waals surface area contributed by atoms with Gasteiger partial charge in [0.1, 0.15) is 11.5 Å². The molecule has 2 aromatic rings. The zero-order chi connectivity index (χ0) is 14.7. The summed E-state index contributed by atoms with van der Waals surface area (Å²) in [5.74, 6) is 0.979. The second-order valence-corrected chi connectivity index (χ2v) is 6.11. The number of methoxy groups -OCH3 is 1. The highest BCUT2D eigenvalue weighted by atomic mass is 35.5. The van der Waals surface area contributed by atoms with Crippen LogP contribution in [0.25, 0.3) is 0 Å². The van der Waals surface area contributed by atoms with Crippen molar-refractivity contribution in [2.45, 2.75) is 6.04 Å². The van der Waals surface area contributed by atoms with Gasteiger partial charge in [-0.1, -0.05) is 6.07 Å². The Labute approximate surface area is 153 Å². The van der Waals surface area contributed by atoms with Crippen molar-refractivity contribution in [1.82, 2.24) is 10.2 Å². The van der Waals surface area contributed by atoms with Crippen molar-refractivity contribution in [1.29, 1.82) is 0 Å². The lowest BCUT2D eigenvalue weighted by Crippen LogP contribution is -2.45. The van der Waals surface area contributed by atoms with Gasteiger partial charge in [0, 0.05) is 42.7 Å². The molecule has 1 saturated heterocycles. The molecule has 1 fully saturated rings. The summed E-state index contributed by atoms with van der Waals surface area (Å²) in [7, 11) is 1.61. The highest BCUT2D eigenvalue weighted by Crippen LogP contribution is 2.38. The number of aromatic hydroxyl groups is 1. The van der Waals surface area contributed by atoms with E-state index in [1.54, 1.807) is 24.5 Å². The number of halogens is 2. The molecule has 0 radical (unpaired) electrons. The number of phenolic OH excluding ortho intramolecular Hbond substituents is 1. The number of hydrogen-bond acceptors (Lipinski definition) is 5. The van der Waals surface area contributed by atoms with Crippen molar-refractivity contribution in [2.75, 3.05) is 33.3 Å². The van der Waals surface area contributed by atoms with Crippen molar-refractivity contribution >= 4 is 36.2 Å². The number of hydrogen-bond donors (Lipinski definition) is 2. The molecule has 0 aliphatic carbocycles. The smallest absolute Gasteiger partial charge is 0.124 e. The first kappa shape index (κ1) is 20.1. The van der Waals surface area contributed by atoms with Gasteiger partial charge in [-0.2, -0.15) is 0 Å². The fourth-order valence-electron chi connectivity index (χ4n) is 2.80. The van der Waals surface area contributed by atoms with E-state index in [-0.39, 0.29) is 30.9 Å². The minimum Gasteiger partial charge on any atom is -0.507 e. The molecular weight excluding hydrogens is 355 g/mol. The van der Waals surface area contributed by atoms with E-state index in [1.807, 2.05) is 12.1 Å². The first-order valence-electron chi connectivity index (χ1n) is 7.14. The Hall–Kier alpha value is -0.980. The average molecular weight is 377 g/mol. The van der Waals surface area contributed by atoms with Gasteiger partial charge in [0.05, 0.1) is 13.2 Å². The molecular formula is C16H22Cl2N2O2S. The van der Waals surface area contributed by atoms with E-state index >= 15 is 0 Å². The van der Waals surface area contributed by atoms with Crippen molar-refractivity contribution in [3.05, 3.63) is 46.2 Å². The van der Waals surface area contributed by atoms with Crippen molar-refractivity contribution in [2.24, 2.45) is 0 Å². The molecule has 0 saturated carbocycles. The van der Waals surface area contributed by atoms with Crippen LogP contribution in [0.2, 0.25) is 0 Å². The van der Waals surface area contributed by atoms with Crippen LogP contribution in [0, 0.1) is 0 Å². The van der Waals surface area contributed by atoms with Crippen molar-refractivity contribution in [3.63, 3.8) is 0 Å². The lowest BCUT2D eigenvalue weighted by molar-refractivity contribution is 0.198. The zero-order valence-corrected chi connectivity index (χ0v) is 15.3. The third-order valence-corrected chi connectivity index (χ3v) is 4.79. The van der Waals surface area contributed by atoms with Crippen LogP contribution in [0.4, 0.5) is 0 Å². The highest BCUT2D eigenvalue weighted by Gasteiger charge is 2.26. The maximum Gasteiger partial charge on any atom is 0.124 e. The molecule has 23 heavy (non-hydrogen) atoms. The van der Waals surface area contributed by atoms with Gasteiger partial charge >= 0.3 is 0 Å². The summed E-state index contributed by atoms with van der Waals surface area (Å²) in [5.41, 5.74) is 0.945. The predicted octanol–water partition coefficient (Wildman–Crippen LogP) is 3.30. The first-order valence-corrected chi connectivity index (χ1v) is 8.02. The van der Waals surface area contributed by atoms with Crippen molar-refractivity contribution < 1.29 is 9.84 Å². The maximum atomic E-state index is 10.4. The Morgan fingerprint density at radius 1 is 1.22 bits per heavy atom. The molecule has 4 nitrogen and oxygen atoms in total. The fraction of sp³-hybridized carbons (Fsp3) is 0.375. The molecule has 0 spiro atoms.